The second kappa shape index (κ2) is 8.97. The number of aliphatic hydroxyl groups excluding tert-OH is 1. The molecule has 2 amide bonds. The smallest absolute Gasteiger partial charge is 0.261 e. The zero-order valence-corrected chi connectivity index (χ0v) is 17.8. The number of nitrogens with zero attached hydrogens (tertiary/aromatic N) is 3. The highest BCUT2D eigenvalue weighted by molar-refractivity contribution is 7.21. The third-order valence-corrected chi connectivity index (χ3v) is 6.79. The van der Waals surface area contributed by atoms with Crippen LogP contribution in [0, 0.1) is 0 Å². The molecule has 0 radical (unpaired) electrons. The summed E-state index contributed by atoms with van der Waals surface area (Å²) >= 11 is 1.47. The summed E-state index contributed by atoms with van der Waals surface area (Å²) in [5, 5.41) is 17.1. The number of carbonyl (C=O) groups excluding carboxylic acids is 2. The number of benzene rings is 1. The SMILES string of the molecule is Cn1cc(C(=O)N2CCCCC2Cc2c(C(=O)NCCO)sc3ccccc23)cn1. The van der Waals surface area contributed by atoms with Crippen molar-refractivity contribution in [2.45, 2.75) is 31.7 Å². The van der Waals surface area contributed by atoms with E-state index in [2.05, 4.69) is 10.4 Å². The Morgan fingerprint density at radius 2 is 2.13 bits per heavy atom. The summed E-state index contributed by atoms with van der Waals surface area (Å²) in [7, 11) is 1.80. The summed E-state index contributed by atoms with van der Waals surface area (Å²) < 4.78 is 2.70. The van der Waals surface area contributed by atoms with Gasteiger partial charge in [0.15, 0.2) is 0 Å². The van der Waals surface area contributed by atoms with Crippen LogP contribution in [0.3, 0.4) is 0 Å². The van der Waals surface area contributed by atoms with E-state index < -0.39 is 0 Å². The molecule has 1 fully saturated rings. The molecule has 1 saturated heterocycles. The summed E-state index contributed by atoms with van der Waals surface area (Å²) in [5.74, 6) is -0.167. The predicted octanol–water partition coefficient (Wildman–Crippen LogP) is 2.59. The van der Waals surface area contributed by atoms with Crippen molar-refractivity contribution >= 4 is 33.2 Å². The minimum absolute atomic E-state index is 0.00128. The lowest BCUT2D eigenvalue weighted by Crippen LogP contribution is -2.45. The van der Waals surface area contributed by atoms with Crippen molar-refractivity contribution in [2.24, 2.45) is 7.05 Å². The van der Waals surface area contributed by atoms with Gasteiger partial charge in [-0.05, 0) is 42.7 Å². The van der Waals surface area contributed by atoms with Crippen LogP contribution < -0.4 is 5.32 Å². The van der Waals surface area contributed by atoms with E-state index in [4.69, 9.17) is 5.11 Å². The van der Waals surface area contributed by atoms with E-state index in [1.807, 2.05) is 29.2 Å². The Labute approximate surface area is 179 Å². The van der Waals surface area contributed by atoms with Crippen LogP contribution in [0.5, 0.6) is 0 Å². The number of fused-ring (bicyclic) bond motifs is 1. The van der Waals surface area contributed by atoms with Crippen molar-refractivity contribution in [3.05, 3.63) is 52.7 Å². The topological polar surface area (TPSA) is 87.5 Å². The number of rotatable bonds is 6. The molecule has 3 aromatic rings. The standard InChI is InChI=1S/C22H26N4O3S/c1-25-14-15(13-24-25)22(29)26-10-5-4-6-16(26)12-18-17-7-2-3-8-19(17)30-20(18)21(28)23-9-11-27/h2-3,7-8,13-14,16,27H,4-6,9-12H2,1H3,(H,23,28). The van der Waals surface area contributed by atoms with Crippen molar-refractivity contribution in [3.63, 3.8) is 0 Å². The first-order valence-electron chi connectivity index (χ1n) is 10.3. The van der Waals surface area contributed by atoms with E-state index in [-0.39, 0.29) is 31.0 Å². The maximum absolute atomic E-state index is 13.1. The van der Waals surface area contributed by atoms with Crippen LogP contribution in [0.15, 0.2) is 36.7 Å². The van der Waals surface area contributed by atoms with E-state index in [1.165, 1.54) is 11.3 Å². The molecule has 0 saturated carbocycles. The van der Waals surface area contributed by atoms with E-state index >= 15 is 0 Å². The van der Waals surface area contributed by atoms with Gasteiger partial charge in [-0.1, -0.05) is 18.2 Å². The number of hydrogen-bond donors (Lipinski definition) is 2. The van der Waals surface area contributed by atoms with Gasteiger partial charge in [0.1, 0.15) is 0 Å². The van der Waals surface area contributed by atoms with Crippen LogP contribution in [0.1, 0.15) is 44.9 Å². The van der Waals surface area contributed by atoms with Crippen LogP contribution in [0.2, 0.25) is 0 Å². The van der Waals surface area contributed by atoms with Gasteiger partial charge in [-0.2, -0.15) is 5.10 Å². The van der Waals surface area contributed by atoms with Crippen molar-refractivity contribution in [1.82, 2.24) is 20.0 Å². The van der Waals surface area contributed by atoms with Crippen LogP contribution in [0.25, 0.3) is 10.1 Å². The molecule has 7 nitrogen and oxygen atoms in total. The Kier molecular flexibility index (Phi) is 6.15. The van der Waals surface area contributed by atoms with Crippen molar-refractivity contribution in [3.8, 4) is 0 Å². The number of hydrogen-bond acceptors (Lipinski definition) is 5. The molecule has 0 aliphatic carbocycles. The van der Waals surface area contributed by atoms with E-state index in [0.717, 1.165) is 34.9 Å². The molecule has 0 bridgehead atoms. The second-order valence-corrected chi connectivity index (χ2v) is 8.69. The summed E-state index contributed by atoms with van der Waals surface area (Å²) in [6.07, 6.45) is 6.96. The van der Waals surface area contributed by atoms with Crippen LogP contribution >= 0.6 is 11.3 Å². The quantitative estimate of drug-likeness (QED) is 0.634. The van der Waals surface area contributed by atoms with Gasteiger partial charge in [0.05, 0.1) is 23.2 Å². The van der Waals surface area contributed by atoms with Gasteiger partial charge in [0.2, 0.25) is 0 Å². The zero-order valence-electron chi connectivity index (χ0n) is 17.0. The highest BCUT2D eigenvalue weighted by Gasteiger charge is 2.30. The molecule has 8 heteroatoms. The third-order valence-electron chi connectivity index (χ3n) is 5.58. The molecule has 30 heavy (non-hydrogen) atoms. The van der Waals surface area contributed by atoms with Crippen molar-refractivity contribution < 1.29 is 14.7 Å². The number of nitrogens with one attached hydrogen (secondary N) is 1. The van der Waals surface area contributed by atoms with Crippen LogP contribution in [-0.4, -0.2) is 57.3 Å². The lowest BCUT2D eigenvalue weighted by atomic mass is 9.93. The Balaban J connectivity index is 1.66. The largest absolute Gasteiger partial charge is 0.395 e. The van der Waals surface area contributed by atoms with Gasteiger partial charge in [-0.25, -0.2) is 0 Å². The number of aliphatic hydroxyl groups is 1. The molecule has 3 heterocycles. The van der Waals surface area contributed by atoms with Crippen molar-refractivity contribution in [1.29, 1.82) is 0 Å². The van der Waals surface area contributed by atoms with Crippen LogP contribution in [0.4, 0.5) is 0 Å². The molecule has 1 unspecified atom stereocenters. The van der Waals surface area contributed by atoms with Gasteiger partial charge < -0.3 is 15.3 Å². The molecule has 158 valence electrons. The summed E-state index contributed by atoms with van der Waals surface area (Å²) in [6, 6.07) is 8.05. The van der Waals surface area contributed by atoms with E-state index in [0.29, 0.717) is 23.4 Å². The highest BCUT2D eigenvalue weighted by Crippen LogP contribution is 2.34. The minimum Gasteiger partial charge on any atom is -0.395 e. The molecule has 1 atom stereocenters. The number of carbonyl (C=O) groups is 2. The van der Waals surface area contributed by atoms with Gasteiger partial charge >= 0.3 is 0 Å². The zero-order chi connectivity index (χ0) is 21.1. The molecule has 1 aliphatic rings. The summed E-state index contributed by atoms with van der Waals surface area (Å²) in [5.41, 5.74) is 1.59. The number of amides is 2. The first-order valence-corrected chi connectivity index (χ1v) is 11.1. The van der Waals surface area contributed by atoms with Gasteiger partial charge in [-0.3, -0.25) is 14.3 Å². The predicted molar refractivity (Wildman–Crippen MR) is 117 cm³/mol. The van der Waals surface area contributed by atoms with E-state index in [9.17, 15) is 9.59 Å². The Morgan fingerprint density at radius 1 is 1.30 bits per heavy atom. The second-order valence-electron chi connectivity index (χ2n) is 7.64. The molecule has 1 aliphatic heterocycles. The molecule has 1 aromatic carbocycles. The van der Waals surface area contributed by atoms with Crippen molar-refractivity contribution in [2.75, 3.05) is 19.7 Å². The first kappa shape index (κ1) is 20.6. The normalized spacial score (nSPS) is 16.7. The fourth-order valence-corrected chi connectivity index (χ4v) is 5.30. The first-order chi connectivity index (χ1) is 14.6. The fourth-order valence-electron chi connectivity index (χ4n) is 4.15. The number of piperidine rings is 1. The number of aromatic nitrogens is 2. The lowest BCUT2D eigenvalue weighted by Gasteiger charge is -2.36. The molecule has 2 N–H and O–H groups in total. The monoisotopic (exact) mass is 426 g/mol. The fraction of sp³-hybridized carbons (Fsp3) is 0.409. The average Bonchev–Trinajstić information content (AvgIpc) is 3.36. The minimum atomic E-state index is -0.166. The summed E-state index contributed by atoms with van der Waals surface area (Å²) in [4.78, 5) is 28.5. The molecule has 4 rings (SSSR count). The summed E-state index contributed by atoms with van der Waals surface area (Å²) in [6.45, 7) is 0.843. The Bertz CT molecular complexity index is 1060. The van der Waals surface area contributed by atoms with Gasteiger partial charge in [-0.15, -0.1) is 11.3 Å². The maximum atomic E-state index is 13.1. The van der Waals surface area contributed by atoms with Crippen LogP contribution in [-0.2, 0) is 13.5 Å². The number of likely N-dealkylation sites (tertiary alicyclic amines) is 1. The molecule has 2 aromatic heterocycles. The molecular weight excluding hydrogens is 400 g/mol. The molecule has 0 spiro atoms. The van der Waals surface area contributed by atoms with E-state index in [1.54, 1.807) is 24.1 Å². The number of aryl methyl sites for hydroxylation is 1. The molecular formula is C22H26N4O3S. The third kappa shape index (κ3) is 4.11. The maximum Gasteiger partial charge on any atom is 0.261 e. The average molecular weight is 427 g/mol. The highest BCUT2D eigenvalue weighted by atomic mass is 32.1. The Hall–Kier alpha value is -2.71. The lowest BCUT2D eigenvalue weighted by molar-refractivity contribution is 0.0614. The number of thiophene rings is 1. The van der Waals surface area contributed by atoms with Gasteiger partial charge in [0, 0.05) is 37.1 Å². The Morgan fingerprint density at radius 3 is 2.90 bits per heavy atom. The van der Waals surface area contributed by atoms with Gasteiger partial charge in [0.25, 0.3) is 11.8 Å².